The molecule has 2 heterocycles. The van der Waals surface area contributed by atoms with E-state index in [0.717, 1.165) is 22.3 Å². The lowest BCUT2D eigenvalue weighted by molar-refractivity contribution is -0.149. The Morgan fingerprint density at radius 1 is 1.09 bits per heavy atom. The highest BCUT2D eigenvalue weighted by molar-refractivity contribution is 5.94. The van der Waals surface area contributed by atoms with Crippen molar-refractivity contribution in [2.45, 2.75) is 18.4 Å². The van der Waals surface area contributed by atoms with Gasteiger partial charge in [0.05, 0.1) is 0 Å². The summed E-state index contributed by atoms with van der Waals surface area (Å²) in [5.74, 6) is -1.74. The molecule has 2 atom stereocenters. The summed E-state index contributed by atoms with van der Waals surface area (Å²) in [6.07, 6.45) is -1.06. The van der Waals surface area contributed by atoms with Crippen LogP contribution in [0.3, 0.4) is 0 Å². The number of H-pyrrole nitrogens is 1. The molecular weight excluding hydrogens is 452 g/mol. The molecule has 180 valence electrons. The predicted octanol–water partition coefficient (Wildman–Crippen LogP) is 2.99. The first kappa shape index (κ1) is 22.6. The molecule has 5 rings (SSSR count). The van der Waals surface area contributed by atoms with Crippen LogP contribution in [0.25, 0.3) is 11.1 Å². The van der Waals surface area contributed by atoms with E-state index in [4.69, 9.17) is 14.6 Å². The quantitative estimate of drug-likeness (QED) is 0.411. The number of aromatic nitrogens is 2. The van der Waals surface area contributed by atoms with Crippen LogP contribution in [-0.4, -0.2) is 59.1 Å². The number of carboxylic acids is 1. The molecule has 1 aromatic heterocycles. The highest BCUT2D eigenvalue weighted by Gasteiger charge is 2.34. The number of anilines is 1. The number of hydrogen-bond donors (Lipinski definition) is 4. The fourth-order valence-electron chi connectivity index (χ4n) is 4.68. The third-order valence-electron chi connectivity index (χ3n) is 6.38. The smallest absolute Gasteiger partial charge is 0.412 e. The SMILES string of the molecule is O=C(Nc1cc(C(=O)NC[C@H]2CCO[C@H]2C(=O)O)[nH]n1)OCC1c2ccccc2-c2ccccc21. The van der Waals surface area contributed by atoms with Gasteiger partial charge in [0.25, 0.3) is 5.91 Å². The lowest BCUT2D eigenvalue weighted by Crippen LogP contribution is -2.36. The minimum Gasteiger partial charge on any atom is -0.479 e. The van der Waals surface area contributed by atoms with Gasteiger partial charge in [-0.3, -0.25) is 15.2 Å². The van der Waals surface area contributed by atoms with Crippen LogP contribution < -0.4 is 10.6 Å². The Kier molecular flexibility index (Phi) is 6.19. The van der Waals surface area contributed by atoms with Gasteiger partial charge < -0.3 is 19.9 Å². The van der Waals surface area contributed by atoms with E-state index in [9.17, 15) is 14.4 Å². The number of rotatable bonds is 7. The first-order chi connectivity index (χ1) is 17.0. The van der Waals surface area contributed by atoms with E-state index in [-0.39, 0.29) is 36.5 Å². The van der Waals surface area contributed by atoms with Crippen LogP contribution in [0.4, 0.5) is 10.6 Å². The van der Waals surface area contributed by atoms with Gasteiger partial charge in [0.1, 0.15) is 12.3 Å². The number of fused-ring (bicyclic) bond motifs is 3. The molecule has 10 heteroatoms. The maximum absolute atomic E-state index is 12.4. The van der Waals surface area contributed by atoms with Gasteiger partial charge in [-0.2, -0.15) is 5.10 Å². The standard InChI is InChI=1S/C25H24N4O6/c30-23(26-12-14-9-10-34-22(14)24(31)32)20-11-21(29-28-20)27-25(33)35-13-19-17-7-3-1-5-15(17)16-6-2-4-8-18(16)19/h1-8,11,14,19,22H,9-10,12-13H2,(H,26,30)(H,31,32)(H2,27,28,29,33)/t14-,22-/m1/s1. The van der Waals surface area contributed by atoms with Gasteiger partial charge in [-0.15, -0.1) is 0 Å². The highest BCUT2D eigenvalue weighted by Crippen LogP contribution is 2.44. The minimum atomic E-state index is -1.04. The summed E-state index contributed by atoms with van der Waals surface area (Å²) in [5, 5.41) is 20.9. The van der Waals surface area contributed by atoms with Gasteiger partial charge in [0.15, 0.2) is 11.9 Å². The lowest BCUT2D eigenvalue weighted by Gasteiger charge is -2.14. The van der Waals surface area contributed by atoms with E-state index < -0.39 is 24.1 Å². The van der Waals surface area contributed by atoms with E-state index in [1.807, 2.05) is 36.4 Å². The summed E-state index contributed by atoms with van der Waals surface area (Å²) in [6.45, 7) is 0.658. The number of aromatic amines is 1. The number of nitrogens with zero attached hydrogens (tertiary/aromatic N) is 1. The van der Waals surface area contributed by atoms with Crippen molar-refractivity contribution in [2.75, 3.05) is 25.1 Å². The molecule has 0 unspecified atom stereocenters. The van der Waals surface area contributed by atoms with E-state index in [0.29, 0.717) is 13.0 Å². The number of amides is 2. The fourth-order valence-corrected chi connectivity index (χ4v) is 4.68. The summed E-state index contributed by atoms with van der Waals surface area (Å²) in [4.78, 5) is 36.0. The zero-order valence-electron chi connectivity index (χ0n) is 18.7. The molecule has 4 N–H and O–H groups in total. The molecule has 3 aromatic rings. The van der Waals surface area contributed by atoms with Crippen molar-refractivity contribution in [3.63, 3.8) is 0 Å². The third kappa shape index (κ3) is 4.60. The van der Waals surface area contributed by atoms with Crippen LogP contribution >= 0.6 is 0 Å². The average molecular weight is 476 g/mol. The number of carbonyl (C=O) groups excluding carboxylic acids is 2. The Bertz CT molecular complexity index is 1230. The maximum Gasteiger partial charge on any atom is 0.412 e. The summed E-state index contributed by atoms with van der Waals surface area (Å²) in [6, 6.07) is 17.5. The highest BCUT2D eigenvalue weighted by atomic mass is 16.5. The van der Waals surface area contributed by atoms with E-state index in [1.165, 1.54) is 6.07 Å². The average Bonchev–Trinajstić information content (AvgIpc) is 3.59. The second kappa shape index (κ2) is 9.59. The van der Waals surface area contributed by atoms with E-state index >= 15 is 0 Å². The maximum atomic E-state index is 12.4. The Morgan fingerprint density at radius 3 is 2.46 bits per heavy atom. The molecule has 35 heavy (non-hydrogen) atoms. The Hall–Kier alpha value is -4.18. The predicted molar refractivity (Wildman–Crippen MR) is 125 cm³/mol. The summed E-state index contributed by atoms with van der Waals surface area (Å²) >= 11 is 0. The molecule has 10 nitrogen and oxygen atoms in total. The van der Waals surface area contributed by atoms with Crippen molar-refractivity contribution in [2.24, 2.45) is 5.92 Å². The first-order valence-corrected chi connectivity index (χ1v) is 11.3. The number of carboxylic acid groups (broad SMARTS) is 1. The number of ether oxygens (including phenoxy) is 2. The largest absolute Gasteiger partial charge is 0.479 e. The Balaban J connectivity index is 1.15. The normalized spacial score (nSPS) is 18.5. The van der Waals surface area contributed by atoms with Gasteiger partial charge in [0, 0.05) is 31.1 Å². The van der Waals surface area contributed by atoms with Crippen molar-refractivity contribution in [3.8, 4) is 11.1 Å². The van der Waals surface area contributed by atoms with Crippen LogP contribution in [0.1, 0.15) is 34.0 Å². The van der Waals surface area contributed by atoms with Gasteiger partial charge in [-0.05, 0) is 28.7 Å². The van der Waals surface area contributed by atoms with Crippen LogP contribution in [0.5, 0.6) is 0 Å². The Labute approximate surface area is 200 Å². The van der Waals surface area contributed by atoms with Gasteiger partial charge >= 0.3 is 12.1 Å². The van der Waals surface area contributed by atoms with Crippen LogP contribution in [0.2, 0.25) is 0 Å². The topological polar surface area (TPSA) is 143 Å². The first-order valence-electron chi connectivity index (χ1n) is 11.3. The van der Waals surface area contributed by atoms with Crippen molar-refractivity contribution in [1.29, 1.82) is 0 Å². The second-order valence-corrected chi connectivity index (χ2v) is 8.51. The Morgan fingerprint density at radius 2 is 1.77 bits per heavy atom. The van der Waals surface area contributed by atoms with Crippen LogP contribution in [-0.2, 0) is 14.3 Å². The van der Waals surface area contributed by atoms with Crippen molar-refractivity contribution >= 4 is 23.8 Å². The monoisotopic (exact) mass is 476 g/mol. The molecule has 2 amide bonds. The van der Waals surface area contributed by atoms with E-state index in [1.54, 1.807) is 0 Å². The molecule has 0 bridgehead atoms. The molecule has 1 saturated heterocycles. The fraction of sp³-hybridized carbons (Fsp3) is 0.280. The second-order valence-electron chi connectivity index (χ2n) is 8.51. The number of nitrogens with one attached hydrogen (secondary N) is 3. The molecule has 1 aliphatic carbocycles. The van der Waals surface area contributed by atoms with Crippen molar-refractivity contribution < 1.29 is 29.0 Å². The molecule has 0 saturated carbocycles. The zero-order valence-corrected chi connectivity index (χ0v) is 18.7. The molecule has 2 aliphatic rings. The van der Waals surface area contributed by atoms with Crippen LogP contribution in [0, 0.1) is 5.92 Å². The molecule has 1 aliphatic heterocycles. The molecule has 0 radical (unpaired) electrons. The minimum absolute atomic E-state index is 0.0668. The van der Waals surface area contributed by atoms with E-state index in [2.05, 4.69) is 33.0 Å². The summed E-state index contributed by atoms with van der Waals surface area (Å²) in [5.41, 5.74) is 4.62. The summed E-state index contributed by atoms with van der Waals surface area (Å²) < 4.78 is 10.7. The van der Waals surface area contributed by atoms with Crippen molar-refractivity contribution in [3.05, 3.63) is 71.4 Å². The number of aliphatic carboxylic acids is 1. The van der Waals surface area contributed by atoms with Gasteiger partial charge in [-0.1, -0.05) is 48.5 Å². The van der Waals surface area contributed by atoms with Gasteiger partial charge in [-0.25, -0.2) is 9.59 Å². The number of carbonyl (C=O) groups is 3. The number of hydrogen-bond acceptors (Lipinski definition) is 6. The summed E-state index contributed by atoms with van der Waals surface area (Å²) in [7, 11) is 0. The molecule has 0 spiro atoms. The number of benzene rings is 2. The third-order valence-corrected chi connectivity index (χ3v) is 6.38. The van der Waals surface area contributed by atoms with Crippen LogP contribution in [0.15, 0.2) is 54.6 Å². The molecule has 2 aromatic carbocycles. The molecule has 1 fully saturated rings. The molecular formula is C25H24N4O6. The zero-order chi connectivity index (χ0) is 24.4. The lowest BCUT2D eigenvalue weighted by atomic mass is 9.98. The van der Waals surface area contributed by atoms with Crippen molar-refractivity contribution in [1.82, 2.24) is 15.5 Å². The van der Waals surface area contributed by atoms with Gasteiger partial charge in [0.2, 0.25) is 0 Å².